The summed E-state index contributed by atoms with van der Waals surface area (Å²) in [6.45, 7) is 3.04. The summed E-state index contributed by atoms with van der Waals surface area (Å²) in [5.74, 6) is -0.415. The third-order valence-corrected chi connectivity index (χ3v) is 4.83. The second-order valence-electron chi connectivity index (χ2n) is 4.42. The molecule has 1 aromatic carbocycles. The Labute approximate surface area is 136 Å². The largest absolute Gasteiger partial charge is 0.383 e. The number of halogens is 1. The van der Waals surface area contributed by atoms with Crippen molar-refractivity contribution < 1.29 is 13.9 Å². The molecule has 0 amide bonds. The van der Waals surface area contributed by atoms with E-state index in [4.69, 9.17) is 4.74 Å². The fourth-order valence-electron chi connectivity index (χ4n) is 1.64. The van der Waals surface area contributed by atoms with E-state index in [2.05, 4.69) is 15.5 Å². The number of rotatable bonds is 8. The van der Waals surface area contributed by atoms with Crippen molar-refractivity contribution >= 4 is 34.0 Å². The second-order valence-corrected chi connectivity index (χ2v) is 6.99. The standard InChI is InChI=1S/C14H16FN3O2S2/c1-9(12(19)10-3-5-11(15)6-4-10)21-14-18-17-13(22-14)16-7-8-20-2/h3-6,9H,7-8H2,1-2H3,(H,16,17)/t9-/m1/s1. The number of hydrogen-bond donors (Lipinski definition) is 1. The molecule has 0 aliphatic heterocycles. The van der Waals surface area contributed by atoms with E-state index < -0.39 is 0 Å². The Morgan fingerprint density at radius 3 is 2.82 bits per heavy atom. The molecule has 1 N–H and O–H groups in total. The predicted molar refractivity (Wildman–Crippen MR) is 86.3 cm³/mol. The molecule has 0 radical (unpaired) electrons. The molecule has 0 fully saturated rings. The molecule has 0 aliphatic rings. The Kier molecular flexibility index (Phi) is 6.29. The summed E-state index contributed by atoms with van der Waals surface area (Å²) in [6.07, 6.45) is 0. The van der Waals surface area contributed by atoms with Crippen LogP contribution in [0.5, 0.6) is 0 Å². The van der Waals surface area contributed by atoms with Gasteiger partial charge in [-0.1, -0.05) is 23.1 Å². The molecule has 2 rings (SSSR count). The number of hydrogen-bond acceptors (Lipinski definition) is 7. The average Bonchev–Trinajstić information content (AvgIpc) is 2.95. The number of Topliss-reactive ketones (excluding diaryl/α,β-unsaturated/α-hetero) is 1. The van der Waals surface area contributed by atoms with Crippen molar-refractivity contribution in [3.8, 4) is 0 Å². The van der Waals surface area contributed by atoms with E-state index in [0.717, 1.165) is 0 Å². The summed E-state index contributed by atoms with van der Waals surface area (Å²) in [5, 5.41) is 11.5. The molecule has 8 heteroatoms. The van der Waals surface area contributed by atoms with Crippen LogP contribution in [0.1, 0.15) is 17.3 Å². The van der Waals surface area contributed by atoms with E-state index in [1.807, 2.05) is 0 Å². The SMILES string of the molecule is COCCNc1nnc(S[C@H](C)C(=O)c2ccc(F)cc2)s1. The summed E-state index contributed by atoms with van der Waals surface area (Å²) in [4.78, 5) is 12.3. The van der Waals surface area contributed by atoms with Gasteiger partial charge in [0.05, 0.1) is 11.9 Å². The molecule has 1 aromatic heterocycles. The number of thioether (sulfide) groups is 1. The lowest BCUT2D eigenvalue weighted by molar-refractivity contribution is 0.0994. The minimum Gasteiger partial charge on any atom is -0.383 e. The fraction of sp³-hybridized carbons (Fsp3) is 0.357. The molecular weight excluding hydrogens is 325 g/mol. The van der Waals surface area contributed by atoms with Crippen LogP contribution in [-0.4, -0.2) is 41.5 Å². The highest BCUT2D eigenvalue weighted by atomic mass is 32.2. The van der Waals surface area contributed by atoms with Gasteiger partial charge in [-0.25, -0.2) is 4.39 Å². The van der Waals surface area contributed by atoms with Gasteiger partial charge in [-0.2, -0.15) is 0 Å². The van der Waals surface area contributed by atoms with Gasteiger partial charge in [-0.05, 0) is 31.2 Å². The van der Waals surface area contributed by atoms with Gasteiger partial charge in [-0.3, -0.25) is 4.79 Å². The highest BCUT2D eigenvalue weighted by Crippen LogP contribution is 2.30. The maximum atomic E-state index is 12.9. The number of aromatic nitrogens is 2. The maximum absolute atomic E-state index is 12.9. The van der Waals surface area contributed by atoms with E-state index in [0.29, 0.717) is 28.2 Å². The molecule has 1 heterocycles. The first-order valence-corrected chi connectivity index (χ1v) is 8.32. The van der Waals surface area contributed by atoms with Crippen LogP contribution in [0, 0.1) is 5.82 Å². The quantitative estimate of drug-likeness (QED) is 0.452. The number of methoxy groups -OCH3 is 1. The zero-order chi connectivity index (χ0) is 15.9. The number of ketones is 1. The Morgan fingerprint density at radius 2 is 2.14 bits per heavy atom. The number of anilines is 1. The molecule has 2 aromatic rings. The van der Waals surface area contributed by atoms with E-state index in [9.17, 15) is 9.18 Å². The lowest BCUT2D eigenvalue weighted by Crippen LogP contribution is -2.13. The maximum Gasteiger partial charge on any atom is 0.206 e. The lowest BCUT2D eigenvalue weighted by atomic mass is 10.1. The molecule has 118 valence electrons. The molecular formula is C14H16FN3O2S2. The van der Waals surface area contributed by atoms with Crippen LogP contribution >= 0.6 is 23.1 Å². The van der Waals surface area contributed by atoms with Gasteiger partial charge < -0.3 is 10.1 Å². The van der Waals surface area contributed by atoms with Crippen LogP contribution in [0.2, 0.25) is 0 Å². The van der Waals surface area contributed by atoms with Gasteiger partial charge in [-0.15, -0.1) is 10.2 Å². The number of carbonyl (C=O) groups excluding carboxylic acids is 1. The molecule has 0 saturated heterocycles. The summed E-state index contributed by atoms with van der Waals surface area (Å²) in [7, 11) is 1.63. The van der Waals surface area contributed by atoms with Crippen molar-refractivity contribution in [2.24, 2.45) is 0 Å². The normalized spacial score (nSPS) is 12.1. The number of carbonyl (C=O) groups is 1. The van der Waals surface area contributed by atoms with Crippen LogP contribution < -0.4 is 5.32 Å². The first-order chi connectivity index (χ1) is 10.6. The molecule has 22 heavy (non-hydrogen) atoms. The monoisotopic (exact) mass is 341 g/mol. The Balaban J connectivity index is 1.92. The van der Waals surface area contributed by atoms with Gasteiger partial charge in [0.2, 0.25) is 5.13 Å². The van der Waals surface area contributed by atoms with Crippen molar-refractivity contribution in [1.29, 1.82) is 0 Å². The highest BCUT2D eigenvalue weighted by Gasteiger charge is 2.18. The van der Waals surface area contributed by atoms with Crippen molar-refractivity contribution in [3.63, 3.8) is 0 Å². The first kappa shape index (κ1) is 16.9. The van der Waals surface area contributed by atoms with E-state index in [1.54, 1.807) is 14.0 Å². The molecule has 1 atom stereocenters. The fourth-order valence-corrected chi connectivity index (χ4v) is 3.64. The van der Waals surface area contributed by atoms with Crippen molar-refractivity contribution in [2.45, 2.75) is 16.5 Å². The number of benzene rings is 1. The smallest absolute Gasteiger partial charge is 0.206 e. The highest BCUT2D eigenvalue weighted by molar-refractivity contribution is 8.02. The predicted octanol–water partition coefficient (Wildman–Crippen LogP) is 3.10. The van der Waals surface area contributed by atoms with Crippen LogP contribution in [0.4, 0.5) is 9.52 Å². The molecule has 5 nitrogen and oxygen atoms in total. The van der Waals surface area contributed by atoms with Crippen LogP contribution in [0.15, 0.2) is 28.6 Å². The van der Waals surface area contributed by atoms with Crippen LogP contribution in [0.3, 0.4) is 0 Å². The van der Waals surface area contributed by atoms with Gasteiger partial charge in [0.1, 0.15) is 5.82 Å². The molecule has 0 bridgehead atoms. The molecule has 0 saturated carbocycles. The number of nitrogens with one attached hydrogen (secondary N) is 1. The van der Waals surface area contributed by atoms with Crippen LogP contribution in [-0.2, 0) is 4.74 Å². The first-order valence-electron chi connectivity index (χ1n) is 6.63. The minimum atomic E-state index is -0.354. The average molecular weight is 341 g/mol. The summed E-state index contributed by atoms with van der Waals surface area (Å²) in [5.41, 5.74) is 0.490. The molecule has 0 spiro atoms. The summed E-state index contributed by atoms with van der Waals surface area (Å²) >= 11 is 2.73. The van der Waals surface area contributed by atoms with E-state index in [1.165, 1.54) is 47.4 Å². The van der Waals surface area contributed by atoms with Crippen molar-refractivity contribution in [1.82, 2.24) is 10.2 Å². The third kappa shape index (κ3) is 4.75. The van der Waals surface area contributed by atoms with Gasteiger partial charge in [0.15, 0.2) is 10.1 Å². The van der Waals surface area contributed by atoms with Gasteiger partial charge in [0.25, 0.3) is 0 Å². The van der Waals surface area contributed by atoms with Crippen LogP contribution in [0.25, 0.3) is 0 Å². The van der Waals surface area contributed by atoms with E-state index in [-0.39, 0.29) is 16.9 Å². The molecule has 0 aliphatic carbocycles. The van der Waals surface area contributed by atoms with Gasteiger partial charge >= 0.3 is 0 Å². The van der Waals surface area contributed by atoms with Crippen molar-refractivity contribution in [3.05, 3.63) is 35.6 Å². The second kappa shape index (κ2) is 8.21. The van der Waals surface area contributed by atoms with E-state index >= 15 is 0 Å². The molecule has 0 unspecified atom stereocenters. The Morgan fingerprint density at radius 1 is 1.41 bits per heavy atom. The lowest BCUT2D eigenvalue weighted by Gasteiger charge is -2.07. The van der Waals surface area contributed by atoms with Crippen molar-refractivity contribution in [2.75, 3.05) is 25.6 Å². The summed E-state index contributed by atoms with van der Waals surface area (Å²) in [6, 6.07) is 5.56. The van der Waals surface area contributed by atoms with Gasteiger partial charge in [0, 0.05) is 19.2 Å². The zero-order valence-corrected chi connectivity index (χ0v) is 13.8. The summed E-state index contributed by atoms with van der Waals surface area (Å²) < 4.78 is 18.5. The topological polar surface area (TPSA) is 64.1 Å². The Bertz CT molecular complexity index is 619. The minimum absolute atomic E-state index is 0.0610. The number of ether oxygens (including phenoxy) is 1. The zero-order valence-electron chi connectivity index (χ0n) is 12.2. The Hall–Kier alpha value is -1.51. The third-order valence-electron chi connectivity index (χ3n) is 2.76. The number of nitrogens with zero attached hydrogens (tertiary/aromatic N) is 2.